The monoisotopic (exact) mass is 231 g/mol. The van der Waals surface area contributed by atoms with Crippen LogP contribution in [0.2, 0.25) is 0 Å². The first-order chi connectivity index (χ1) is 7.36. The summed E-state index contributed by atoms with van der Waals surface area (Å²) in [4.78, 5) is 0. The normalized spacial score (nSPS) is 23.2. The first kappa shape index (κ1) is 13.3. The molecule has 0 bridgehead atoms. The van der Waals surface area contributed by atoms with E-state index in [0.29, 0.717) is 12.1 Å². The molecule has 0 aromatic heterocycles. The van der Waals surface area contributed by atoms with Gasteiger partial charge in [-0.2, -0.15) is 11.8 Å². The van der Waals surface area contributed by atoms with Gasteiger partial charge in [0.05, 0.1) is 6.10 Å². The molecule has 1 heterocycles. The summed E-state index contributed by atoms with van der Waals surface area (Å²) >= 11 is 2.04. The number of ether oxygens (including phenoxy) is 1. The average molecular weight is 231 g/mol. The van der Waals surface area contributed by atoms with E-state index in [0.717, 1.165) is 13.2 Å². The lowest BCUT2D eigenvalue weighted by atomic mass is 10.1. The van der Waals surface area contributed by atoms with Gasteiger partial charge in [0.2, 0.25) is 0 Å². The van der Waals surface area contributed by atoms with Gasteiger partial charge >= 0.3 is 0 Å². The second kappa shape index (κ2) is 8.43. The summed E-state index contributed by atoms with van der Waals surface area (Å²) in [5.74, 6) is 2.47. The van der Waals surface area contributed by atoms with E-state index in [2.05, 4.69) is 19.2 Å². The summed E-state index contributed by atoms with van der Waals surface area (Å²) in [5.41, 5.74) is 0. The molecule has 1 N–H and O–H groups in total. The van der Waals surface area contributed by atoms with Crippen molar-refractivity contribution in [1.82, 2.24) is 5.32 Å². The zero-order valence-corrected chi connectivity index (χ0v) is 10.9. The van der Waals surface area contributed by atoms with Crippen LogP contribution in [0.15, 0.2) is 0 Å². The summed E-state index contributed by atoms with van der Waals surface area (Å²) < 4.78 is 5.65. The van der Waals surface area contributed by atoms with E-state index in [1.807, 2.05) is 11.8 Å². The van der Waals surface area contributed by atoms with E-state index >= 15 is 0 Å². The number of nitrogens with one attached hydrogen (secondary N) is 1. The van der Waals surface area contributed by atoms with Crippen LogP contribution < -0.4 is 5.32 Å². The Morgan fingerprint density at radius 3 is 2.93 bits per heavy atom. The van der Waals surface area contributed by atoms with E-state index in [1.54, 1.807) is 0 Å². The number of rotatable bonds is 8. The number of hydrogen-bond donors (Lipinski definition) is 1. The molecule has 0 aliphatic carbocycles. The van der Waals surface area contributed by atoms with Crippen molar-refractivity contribution in [2.24, 2.45) is 0 Å². The fraction of sp³-hybridized carbons (Fsp3) is 1.00. The molecule has 0 aromatic rings. The predicted octanol–water partition coefficient (Wildman–Crippen LogP) is 2.68. The molecule has 2 nitrogen and oxygen atoms in total. The Morgan fingerprint density at radius 1 is 1.47 bits per heavy atom. The van der Waals surface area contributed by atoms with Crippen LogP contribution in [-0.4, -0.2) is 36.8 Å². The highest BCUT2D eigenvalue weighted by molar-refractivity contribution is 7.99. The Hall–Kier alpha value is 0.270. The predicted molar refractivity (Wildman–Crippen MR) is 68.7 cm³/mol. The lowest BCUT2D eigenvalue weighted by Crippen LogP contribution is -2.32. The minimum absolute atomic E-state index is 0.554. The van der Waals surface area contributed by atoms with Crippen LogP contribution in [-0.2, 0) is 4.74 Å². The molecule has 15 heavy (non-hydrogen) atoms. The molecule has 2 atom stereocenters. The highest BCUT2D eigenvalue weighted by Crippen LogP contribution is 2.18. The third-order valence-electron chi connectivity index (χ3n) is 2.88. The molecule has 0 spiro atoms. The smallest absolute Gasteiger partial charge is 0.0576 e. The second-order valence-electron chi connectivity index (χ2n) is 4.13. The summed E-state index contributed by atoms with van der Waals surface area (Å²) in [6.07, 6.45) is 5.60. The molecule has 1 fully saturated rings. The van der Waals surface area contributed by atoms with Crippen molar-refractivity contribution in [3.8, 4) is 0 Å². The lowest BCUT2D eigenvalue weighted by Gasteiger charge is -2.19. The largest absolute Gasteiger partial charge is 0.378 e. The summed E-state index contributed by atoms with van der Waals surface area (Å²) in [6, 6.07) is 0.684. The molecule has 1 aliphatic rings. The molecule has 3 heteroatoms. The third kappa shape index (κ3) is 5.79. The molecule has 1 aliphatic heterocycles. The summed E-state index contributed by atoms with van der Waals surface area (Å²) in [7, 11) is 0. The third-order valence-corrected chi connectivity index (χ3v) is 3.92. The van der Waals surface area contributed by atoms with Crippen molar-refractivity contribution in [3.63, 3.8) is 0 Å². The molecule has 2 unspecified atom stereocenters. The van der Waals surface area contributed by atoms with E-state index < -0.39 is 0 Å². The van der Waals surface area contributed by atoms with E-state index in [-0.39, 0.29) is 0 Å². The highest BCUT2D eigenvalue weighted by atomic mass is 32.2. The van der Waals surface area contributed by atoms with Gasteiger partial charge in [0.15, 0.2) is 0 Å². The molecule has 0 saturated carbocycles. The van der Waals surface area contributed by atoms with Crippen LogP contribution in [0.1, 0.15) is 39.5 Å². The van der Waals surface area contributed by atoms with Crippen LogP contribution in [0, 0.1) is 0 Å². The van der Waals surface area contributed by atoms with Gasteiger partial charge in [-0.05, 0) is 38.0 Å². The maximum Gasteiger partial charge on any atom is 0.0576 e. The van der Waals surface area contributed by atoms with Crippen LogP contribution in [0.4, 0.5) is 0 Å². The standard InChI is InChI=1S/C12H25NOS/c1-3-13-11(10-15-4-2)7-8-12-6-5-9-14-12/h11-13H,3-10H2,1-2H3. The van der Waals surface area contributed by atoms with Gasteiger partial charge in [-0.25, -0.2) is 0 Å². The van der Waals surface area contributed by atoms with Crippen molar-refractivity contribution in [1.29, 1.82) is 0 Å². The van der Waals surface area contributed by atoms with E-state index in [4.69, 9.17) is 4.74 Å². The molecule has 0 radical (unpaired) electrons. The summed E-state index contributed by atoms with van der Waals surface area (Å²) in [6.45, 7) is 6.49. The Kier molecular flexibility index (Phi) is 7.49. The summed E-state index contributed by atoms with van der Waals surface area (Å²) in [5, 5.41) is 3.56. The molecule has 0 aromatic carbocycles. The second-order valence-corrected chi connectivity index (χ2v) is 5.45. The van der Waals surface area contributed by atoms with Crippen molar-refractivity contribution in [2.45, 2.75) is 51.7 Å². The minimum atomic E-state index is 0.554. The number of thioether (sulfide) groups is 1. The Bertz CT molecular complexity index is 149. The lowest BCUT2D eigenvalue weighted by molar-refractivity contribution is 0.100. The molecular weight excluding hydrogens is 206 g/mol. The minimum Gasteiger partial charge on any atom is -0.378 e. The Balaban J connectivity index is 2.11. The van der Waals surface area contributed by atoms with Gasteiger partial charge < -0.3 is 10.1 Å². The number of hydrogen-bond acceptors (Lipinski definition) is 3. The van der Waals surface area contributed by atoms with Crippen LogP contribution >= 0.6 is 11.8 Å². The SMILES string of the molecule is CCNC(CCC1CCCO1)CSCC. The zero-order valence-electron chi connectivity index (χ0n) is 10.1. The highest BCUT2D eigenvalue weighted by Gasteiger charge is 2.17. The maximum absolute atomic E-state index is 5.65. The van der Waals surface area contributed by atoms with Crippen LogP contribution in [0.3, 0.4) is 0 Å². The Labute approximate surface area is 98.5 Å². The average Bonchev–Trinajstić information content (AvgIpc) is 2.75. The van der Waals surface area contributed by atoms with Crippen molar-refractivity contribution in [3.05, 3.63) is 0 Å². The quantitative estimate of drug-likeness (QED) is 0.694. The molecule has 90 valence electrons. The van der Waals surface area contributed by atoms with E-state index in [1.165, 1.54) is 37.2 Å². The Morgan fingerprint density at radius 2 is 2.33 bits per heavy atom. The van der Waals surface area contributed by atoms with Crippen molar-refractivity contribution < 1.29 is 4.74 Å². The van der Waals surface area contributed by atoms with Gasteiger partial charge in [-0.15, -0.1) is 0 Å². The maximum atomic E-state index is 5.65. The van der Waals surface area contributed by atoms with Gasteiger partial charge in [-0.3, -0.25) is 0 Å². The first-order valence-corrected chi connectivity index (χ1v) is 7.45. The van der Waals surface area contributed by atoms with Crippen LogP contribution in [0.5, 0.6) is 0 Å². The van der Waals surface area contributed by atoms with Gasteiger partial charge in [0.1, 0.15) is 0 Å². The molecule has 1 saturated heterocycles. The van der Waals surface area contributed by atoms with Gasteiger partial charge in [0.25, 0.3) is 0 Å². The van der Waals surface area contributed by atoms with Gasteiger partial charge in [-0.1, -0.05) is 13.8 Å². The van der Waals surface area contributed by atoms with E-state index in [9.17, 15) is 0 Å². The molecule has 1 rings (SSSR count). The topological polar surface area (TPSA) is 21.3 Å². The van der Waals surface area contributed by atoms with Crippen molar-refractivity contribution >= 4 is 11.8 Å². The van der Waals surface area contributed by atoms with Crippen molar-refractivity contribution in [2.75, 3.05) is 24.7 Å². The first-order valence-electron chi connectivity index (χ1n) is 6.29. The fourth-order valence-corrected chi connectivity index (χ4v) is 2.86. The zero-order chi connectivity index (χ0) is 10.9. The molecular formula is C12H25NOS. The van der Waals surface area contributed by atoms with Gasteiger partial charge in [0, 0.05) is 18.4 Å². The van der Waals surface area contributed by atoms with Crippen LogP contribution in [0.25, 0.3) is 0 Å². The fourth-order valence-electron chi connectivity index (χ4n) is 2.05. The molecule has 0 amide bonds.